The minimum atomic E-state index is -0.531. The molecule has 2 aliphatic carbocycles. The van der Waals surface area contributed by atoms with Crippen molar-refractivity contribution < 1.29 is 45.9 Å². The first-order valence-electron chi connectivity index (χ1n) is 7.18. The van der Waals surface area contributed by atoms with Crippen LogP contribution in [0.3, 0.4) is 0 Å². The SMILES string of the molecule is COC(=O)[C@H]1C(=O)CC[C@H]2C(C)(C)[C@@H]([Hg])CC[C@]12C.O. The van der Waals surface area contributed by atoms with E-state index in [-0.39, 0.29) is 28.1 Å². The molecule has 2 saturated carbocycles. The van der Waals surface area contributed by atoms with E-state index >= 15 is 0 Å². The van der Waals surface area contributed by atoms with Gasteiger partial charge in [-0.15, -0.1) is 0 Å². The van der Waals surface area contributed by atoms with Gasteiger partial charge >= 0.3 is 132 Å². The number of fused-ring (bicyclic) bond motifs is 1. The summed E-state index contributed by atoms with van der Waals surface area (Å²) >= 11 is 0.750. The summed E-state index contributed by atoms with van der Waals surface area (Å²) in [4.78, 5) is 24.4. The third kappa shape index (κ3) is 2.58. The summed E-state index contributed by atoms with van der Waals surface area (Å²) in [6, 6.07) is 0. The molecule has 0 unspecified atom stereocenters. The summed E-state index contributed by atoms with van der Waals surface area (Å²) in [5.74, 6) is -0.280. The maximum Gasteiger partial charge on any atom is -0.412 e. The Bertz CT molecular complexity index is 399. The summed E-state index contributed by atoms with van der Waals surface area (Å²) in [7, 11) is 1.40. The van der Waals surface area contributed by atoms with Gasteiger partial charge in [-0.1, -0.05) is 0 Å². The quantitative estimate of drug-likeness (QED) is 0.335. The molecular formula is C15H25HgO4. The van der Waals surface area contributed by atoms with Crippen LogP contribution in [-0.4, -0.2) is 24.3 Å². The number of Topliss-reactive ketones (excluding diaryl/α,β-unsaturated/α-hetero) is 1. The van der Waals surface area contributed by atoms with Crippen LogP contribution in [0.25, 0.3) is 0 Å². The maximum atomic E-state index is 12.3. The normalized spacial score (nSPS) is 39.5. The van der Waals surface area contributed by atoms with E-state index in [2.05, 4.69) is 20.8 Å². The Morgan fingerprint density at radius 3 is 2.45 bits per heavy atom. The van der Waals surface area contributed by atoms with Gasteiger partial charge in [0.05, 0.1) is 0 Å². The summed E-state index contributed by atoms with van der Waals surface area (Å²) in [5.41, 5.74) is 0.0743. The van der Waals surface area contributed by atoms with E-state index < -0.39 is 5.92 Å². The number of hydrogen-bond acceptors (Lipinski definition) is 3. The van der Waals surface area contributed by atoms with Crippen LogP contribution >= 0.6 is 0 Å². The van der Waals surface area contributed by atoms with Gasteiger partial charge in [-0.3, -0.25) is 0 Å². The number of ether oxygens (including phenoxy) is 1. The van der Waals surface area contributed by atoms with E-state index in [1.54, 1.807) is 0 Å². The molecule has 0 spiro atoms. The summed E-state index contributed by atoms with van der Waals surface area (Å²) in [6.45, 7) is 6.84. The van der Waals surface area contributed by atoms with Gasteiger partial charge in [-0.25, -0.2) is 0 Å². The van der Waals surface area contributed by atoms with Crippen molar-refractivity contribution in [2.75, 3.05) is 7.11 Å². The third-order valence-electron chi connectivity index (χ3n) is 5.88. The van der Waals surface area contributed by atoms with Crippen LogP contribution in [0, 0.1) is 22.7 Å². The van der Waals surface area contributed by atoms with Gasteiger partial charge in [0.1, 0.15) is 0 Å². The zero-order valence-corrected chi connectivity index (χ0v) is 18.5. The topological polar surface area (TPSA) is 74.9 Å². The number of carbonyl (C=O) groups excluding carboxylic acids is 2. The standard InChI is InChI=1S/C15H23O3.Hg.H2O/c1-14(2)8-5-9-15(3)11(14)7-6-10(16)12(15)13(17)18-4;;/h8,11-12H,5-7,9H2,1-4H3;;1H2/t11-,12+,15-;;/m0../s1. The summed E-state index contributed by atoms with van der Waals surface area (Å²) < 4.78 is 5.75. The molecular weight excluding hydrogens is 445 g/mol. The Labute approximate surface area is 137 Å². The monoisotopic (exact) mass is 471 g/mol. The molecule has 0 saturated heterocycles. The van der Waals surface area contributed by atoms with Crippen LogP contribution < -0.4 is 0 Å². The molecule has 20 heavy (non-hydrogen) atoms. The predicted molar refractivity (Wildman–Crippen MR) is 71.7 cm³/mol. The van der Waals surface area contributed by atoms with E-state index in [9.17, 15) is 9.59 Å². The first kappa shape index (κ1) is 18.1. The number of carbonyl (C=O) groups is 2. The van der Waals surface area contributed by atoms with E-state index in [0.717, 1.165) is 42.4 Å². The second-order valence-electron chi connectivity index (χ2n) is 7.08. The van der Waals surface area contributed by atoms with Crippen LogP contribution in [0.5, 0.6) is 0 Å². The molecule has 4 nitrogen and oxygen atoms in total. The zero-order chi connectivity index (χ0) is 14.4. The molecule has 0 aromatic heterocycles. The fourth-order valence-electron chi connectivity index (χ4n) is 4.53. The van der Waals surface area contributed by atoms with Gasteiger partial charge in [0.15, 0.2) is 0 Å². The fraction of sp³-hybridized carbons (Fsp3) is 0.867. The molecule has 2 fully saturated rings. The molecule has 0 radical (unpaired) electrons. The average Bonchev–Trinajstić information content (AvgIpc) is 2.33. The molecule has 0 amide bonds. The Kier molecular flexibility index (Phi) is 5.46. The largest absolute Gasteiger partial charge is 0.412 e. The summed E-state index contributed by atoms with van der Waals surface area (Å²) in [6.07, 6.45) is 3.66. The van der Waals surface area contributed by atoms with Crippen molar-refractivity contribution in [3.05, 3.63) is 0 Å². The Morgan fingerprint density at radius 1 is 1.30 bits per heavy atom. The van der Waals surface area contributed by atoms with Gasteiger partial charge in [0.25, 0.3) is 0 Å². The van der Waals surface area contributed by atoms with Crippen molar-refractivity contribution in [1.29, 1.82) is 0 Å². The Balaban J connectivity index is 0.00000200. The van der Waals surface area contributed by atoms with Gasteiger partial charge in [-0.2, -0.15) is 0 Å². The molecule has 2 rings (SSSR count). The first-order valence-corrected chi connectivity index (χ1v) is 10.4. The fourth-order valence-corrected chi connectivity index (χ4v) is 6.43. The number of esters is 1. The number of ketones is 1. The zero-order valence-electron chi connectivity index (χ0n) is 13.0. The Hall–Kier alpha value is 0.0351. The third-order valence-corrected chi connectivity index (χ3v) is 11.6. The molecule has 0 bridgehead atoms. The minimum absolute atomic E-state index is 0. The second-order valence-corrected chi connectivity index (χ2v) is 10.9. The molecule has 111 valence electrons. The van der Waals surface area contributed by atoms with E-state index in [4.69, 9.17) is 4.74 Å². The summed E-state index contributed by atoms with van der Waals surface area (Å²) in [5, 5.41) is 0. The van der Waals surface area contributed by atoms with Crippen LogP contribution in [0.4, 0.5) is 0 Å². The predicted octanol–water partition coefficient (Wildman–Crippen LogP) is 2.09. The van der Waals surface area contributed by atoms with Crippen molar-refractivity contribution in [1.82, 2.24) is 0 Å². The van der Waals surface area contributed by atoms with Crippen LogP contribution in [0.15, 0.2) is 0 Å². The second kappa shape index (κ2) is 6.03. The molecule has 4 atom stereocenters. The van der Waals surface area contributed by atoms with Crippen molar-refractivity contribution in [3.63, 3.8) is 0 Å². The van der Waals surface area contributed by atoms with E-state index in [1.165, 1.54) is 13.5 Å². The van der Waals surface area contributed by atoms with Gasteiger partial charge in [0, 0.05) is 0 Å². The van der Waals surface area contributed by atoms with Crippen molar-refractivity contribution in [2.45, 2.75) is 49.9 Å². The van der Waals surface area contributed by atoms with Crippen LogP contribution in [0.1, 0.15) is 46.5 Å². The van der Waals surface area contributed by atoms with Crippen molar-refractivity contribution in [2.24, 2.45) is 22.7 Å². The van der Waals surface area contributed by atoms with Gasteiger partial charge in [0.2, 0.25) is 0 Å². The first-order chi connectivity index (χ1) is 8.75. The maximum absolute atomic E-state index is 12.3. The minimum Gasteiger partial charge on any atom is -0.412 e. The number of methoxy groups -OCH3 is 1. The van der Waals surface area contributed by atoms with Gasteiger partial charge < -0.3 is 5.48 Å². The number of hydrogen-bond donors (Lipinski definition) is 0. The smallest absolute Gasteiger partial charge is 0.412 e. The van der Waals surface area contributed by atoms with E-state index in [1.807, 2.05) is 0 Å². The Morgan fingerprint density at radius 2 is 1.90 bits per heavy atom. The molecule has 2 aliphatic rings. The van der Waals surface area contributed by atoms with E-state index in [0.29, 0.717) is 12.3 Å². The molecule has 0 aromatic rings. The molecule has 5 heteroatoms. The molecule has 2 N–H and O–H groups in total. The molecule has 0 aromatic carbocycles. The number of rotatable bonds is 1. The van der Waals surface area contributed by atoms with Crippen LogP contribution in [-0.2, 0) is 40.4 Å². The molecule has 0 heterocycles. The average molecular weight is 470 g/mol. The van der Waals surface area contributed by atoms with Crippen molar-refractivity contribution in [3.8, 4) is 0 Å². The van der Waals surface area contributed by atoms with Gasteiger partial charge in [-0.05, 0) is 0 Å². The van der Waals surface area contributed by atoms with Crippen LogP contribution in [0.2, 0.25) is 3.43 Å². The van der Waals surface area contributed by atoms with Crippen molar-refractivity contribution >= 4 is 11.8 Å². The molecule has 0 aliphatic heterocycles.